The van der Waals surface area contributed by atoms with E-state index >= 15 is 0 Å². The van der Waals surface area contributed by atoms with E-state index in [4.69, 9.17) is 21.8 Å². The fraction of sp³-hybridized carbons (Fsp3) is 0.296. The summed E-state index contributed by atoms with van der Waals surface area (Å²) in [7, 11) is 1.52. The number of nitrogens with zero attached hydrogens (tertiary/aromatic N) is 3. The van der Waals surface area contributed by atoms with Crippen molar-refractivity contribution in [2.45, 2.75) is 46.7 Å². The molecule has 10 nitrogen and oxygen atoms in total. The molecule has 2 heterocycles. The van der Waals surface area contributed by atoms with E-state index in [1.807, 2.05) is 33.8 Å². The molecule has 1 atom stereocenters. The van der Waals surface area contributed by atoms with Gasteiger partial charge in [0.2, 0.25) is 0 Å². The Kier molecular flexibility index (Phi) is 9.25. The second kappa shape index (κ2) is 12.4. The van der Waals surface area contributed by atoms with Crippen LogP contribution in [0.2, 0.25) is 5.15 Å². The highest BCUT2D eigenvalue weighted by atomic mass is 35.5. The van der Waals surface area contributed by atoms with E-state index < -0.39 is 0 Å². The van der Waals surface area contributed by atoms with Crippen LogP contribution in [0, 0.1) is 13.8 Å². The summed E-state index contributed by atoms with van der Waals surface area (Å²) in [6.07, 6.45) is 2.99. The van der Waals surface area contributed by atoms with Crippen molar-refractivity contribution in [3.8, 4) is 0 Å². The molecular weight excluding hydrogens is 508 g/mol. The van der Waals surface area contributed by atoms with Crippen molar-refractivity contribution < 1.29 is 14.0 Å². The Hall–Kier alpha value is -4.18. The second-order valence-electron chi connectivity index (χ2n) is 8.89. The molecule has 2 aromatic heterocycles. The van der Waals surface area contributed by atoms with E-state index in [9.17, 15) is 9.59 Å². The average Bonchev–Trinajstić information content (AvgIpc) is 2.88. The largest absolute Gasteiger partial charge is 0.455 e. The van der Waals surface area contributed by atoms with Gasteiger partial charge in [0.15, 0.2) is 11.3 Å². The molecule has 4 N–H and O–H groups in total. The van der Waals surface area contributed by atoms with Crippen LogP contribution in [0.3, 0.4) is 0 Å². The number of anilines is 1. The van der Waals surface area contributed by atoms with Gasteiger partial charge in [0, 0.05) is 36.6 Å². The Bertz CT molecular complexity index is 1490. The van der Waals surface area contributed by atoms with Gasteiger partial charge in [-0.1, -0.05) is 17.7 Å². The van der Waals surface area contributed by atoms with Crippen molar-refractivity contribution in [1.29, 1.82) is 0 Å². The van der Waals surface area contributed by atoms with Gasteiger partial charge >= 0.3 is 6.47 Å². The van der Waals surface area contributed by atoms with Gasteiger partial charge in [-0.3, -0.25) is 19.6 Å². The van der Waals surface area contributed by atoms with E-state index in [1.54, 1.807) is 31.3 Å². The van der Waals surface area contributed by atoms with Gasteiger partial charge in [0.1, 0.15) is 22.2 Å². The molecule has 200 valence electrons. The zero-order chi connectivity index (χ0) is 28.0. The highest BCUT2D eigenvalue weighted by Gasteiger charge is 2.21. The van der Waals surface area contributed by atoms with Crippen LogP contribution in [0.4, 0.5) is 5.69 Å². The molecule has 3 aromatic rings. The Morgan fingerprint density at radius 3 is 2.61 bits per heavy atom. The quantitative estimate of drug-likeness (QED) is 0.119. The van der Waals surface area contributed by atoms with E-state index in [2.05, 4.69) is 30.6 Å². The number of fused-ring (bicyclic) bond motifs is 1. The minimum Gasteiger partial charge on any atom is -0.455 e. The minimum absolute atomic E-state index is 0.0463. The number of aryl methyl sites for hydroxylation is 1. The number of rotatable bonds is 9. The molecule has 0 radical (unpaired) electrons. The minimum atomic E-state index is -0.363. The first kappa shape index (κ1) is 28.4. The van der Waals surface area contributed by atoms with Crippen molar-refractivity contribution in [2.75, 3.05) is 12.4 Å². The normalized spacial score (nSPS) is 13.3. The lowest BCUT2D eigenvalue weighted by Crippen LogP contribution is -2.27. The Balaban J connectivity index is 2.16. The molecule has 0 saturated heterocycles. The smallest absolute Gasteiger partial charge is 0.320 e. The first-order chi connectivity index (χ1) is 18.1. The summed E-state index contributed by atoms with van der Waals surface area (Å²) in [5.74, 6) is 0.547. The fourth-order valence-electron chi connectivity index (χ4n) is 3.89. The van der Waals surface area contributed by atoms with Crippen LogP contribution in [-0.2, 0) is 9.63 Å². The van der Waals surface area contributed by atoms with Crippen LogP contribution in [0.25, 0.3) is 16.5 Å². The summed E-state index contributed by atoms with van der Waals surface area (Å²) >= 11 is 6.13. The van der Waals surface area contributed by atoms with Crippen molar-refractivity contribution in [3.05, 3.63) is 74.0 Å². The number of amidine groups is 1. The van der Waals surface area contributed by atoms with Crippen LogP contribution < -0.4 is 22.0 Å². The highest BCUT2D eigenvalue weighted by molar-refractivity contribution is 6.29. The van der Waals surface area contributed by atoms with Gasteiger partial charge in [0.25, 0.3) is 0 Å². The number of hydrogen-bond acceptors (Lipinski definition) is 9. The number of carbonyl (C=O) groups is 1. The first-order valence-corrected chi connectivity index (χ1v) is 12.3. The highest BCUT2D eigenvalue weighted by Crippen LogP contribution is 2.31. The monoisotopic (exact) mass is 538 g/mol. The third kappa shape index (κ3) is 6.20. The predicted molar refractivity (Wildman–Crippen MR) is 152 cm³/mol. The van der Waals surface area contributed by atoms with Gasteiger partial charge in [-0.15, -0.1) is 0 Å². The Morgan fingerprint density at radius 1 is 1.24 bits per heavy atom. The van der Waals surface area contributed by atoms with Gasteiger partial charge in [-0.25, -0.2) is 4.98 Å². The molecule has 11 heteroatoms. The molecule has 0 spiro atoms. The maximum atomic E-state index is 13.4. The SMILES string of the molecule is CN=C(NOC=O)c1nc(Cl)ccc1NC(C)c1cc(C)cc2c(=O)c(C)c(/C(C=NC(C)C)=C/N)oc12. The number of aromatic nitrogens is 1. The number of nitrogens with two attached hydrogens (primary N) is 1. The van der Waals surface area contributed by atoms with Crippen molar-refractivity contribution >= 4 is 52.4 Å². The number of pyridine rings is 1. The van der Waals surface area contributed by atoms with Crippen LogP contribution in [0.15, 0.2) is 49.7 Å². The van der Waals surface area contributed by atoms with Gasteiger partial charge < -0.3 is 20.3 Å². The first-order valence-electron chi connectivity index (χ1n) is 11.9. The zero-order valence-electron chi connectivity index (χ0n) is 22.1. The van der Waals surface area contributed by atoms with E-state index in [-0.39, 0.29) is 35.0 Å². The van der Waals surface area contributed by atoms with Gasteiger partial charge in [0.05, 0.1) is 22.7 Å². The molecule has 1 unspecified atom stereocenters. The molecule has 0 aliphatic heterocycles. The van der Waals surface area contributed by atoms with Crippen molar-refractivity contribution in [2.24, 2.45) is 15.7 Å². The molecule has 0 saturated carbocycles. The molecule has 0 bridgehead atoms. The van der Waals surface area contributed by atoms with Crippen LogP contribution in [0.1, 0.15) is 55.0 Å². The standard InChI is InChI=1S/C27H31ClN6O4/c1-14(2)31-12-18(11-29)25-16(4)24(36)20-10-15(3)9-19(26(20)38-25)17(5)32-21-7-8-22(28)33-23(21)27(30-6)34-37-13-35/h7-14,17,32H,29H2,1-6H3,(H,30,34)/b18-11+,31-12?. The van der Waals surface area contributed by atoms with Gasteiger partial charge in [-0.05, 0) is 58.4 Å². The topological polar surface area (TPSA) is 144 Å². The third-order valence-electron chi connectivity index (χ3n) is 5.70. The molecule has 0 aliphatic rings. The second-order valence-corrected chi connectivity index (χ2v) is 9.28. The number of nitrogens with one attached hydrogen (secondary N) is 2. The molecule has 0 amide bonds. The predicted octanol–water partition coefficient (Wildman–Crippen LogP) is 4.46. The number of benzene rings is 1. The Morgan fingerprint density at radius 2 is 1.97 bits per heavy atom. The summed E-state index contributed by atoms with van der Waals surface area (Å²) in [6.45, 7) is 9.67. The van der Waals surface area contributed by atoms with E-state index in [1.165, 1.54) is 13.2 Å². The molecule has 38 heavy (non-hydrogen) atoms. The summed E-state index contributed by atoms with van der Waals surface area (Å²) in [6, 6.07) is 6.79. The van der Waals surface area contributed by atoms with E-state index in [0.717, 1.165) is 11.1 Å². The number of halogens is 1. The molecular formula is C27H31ClN6O4. The summed E-state index contributed by atoms with van der Waals surface area (Å²) < 4.78 is 6.36. The molecule has 3 rings (SSSR count). The zero-order valence-corrected chi connectivity index (χ0v) is 22.9. The third-order valence-corrected chi connectivity index (χ3v) is 5.91. The lowest BCUT2D eigenvalue weighted by atomic mass is 9.99. The molecule has 0 fully saturated rings. The summed E-state index contributed by atoms with van der Waals surface area (Å²) in [4.78, 5) is 41.6. The van der Waals surface area contributed by atoms with Crippen molar-refractivity contribution in [3.63, 3.8) is 0 Å². The van der Waals surface area contributed by atoms with E-state index in [0.29, 0.717) is 39.2 Å². The number of hydrogen-bond donors (Lipinski definition) is 3. The number of carbonyl (C=O) groups excluding carboxylic acids is 1. The van der Waals surface area contributed by atoms with Crippen LogP contribution >= 0.6 is 11.6 Å². The van der Waals surface area contributed by atoms with Crippen LogP contribution in [0.5, 0.6) is 0 Å². The maximum absolute atomic E-state index is 13.4. The van der Waals surface area contributed by atoms with Crippen molar-refractivity contribution in [1.82, 2.24) is 10.5 Å². The average molecular weight is 539 g/mol. The number of hydroxylamine groups is 1. The van der Waals surface area contributed by atoms with Gasteiger partial charge in [-0.2, -0.15) is 5.48 Å². The summed E-state index contributed by atoms with van der Waals surface area (Å²) in [5.41, 5.74) is 12.1. The molecule has 0 aliphatic carbocycles. The molecule has 1 aromatic carbocycles. The van der Waals surface area contributed by atoms with Crippen LogP contribution in [-0.4, -0.2) is 36.6 Å². The lowest BCUT2D eigenvalue weighted by molar-refractivity contribution is -0.132. The summed E-state index contributed by atoms with van der Waals surface area (Å²) in [5, 5.41) is 4.07. The fourth-order valence-corrected chi connectivity index (χ4v) is 4.04. The Labute approximate surface area is 225 Å². The lowest BCUT2D eigenvalue weighted by Gasteiger charge is -2.21. The maximum Gasteiger partial charge on any atom is 0.320 e. The number of aliphatic imine (C=N–C) groups is 2. The number of allylic oxidation sites excluding steroid dienone is 1.